The van der Waals surface area contributed by atoms with Crippen LogP contribution in [0.4, 0.5) is 0 Å². The van der Waals surface area contributed by atoms with Crippen LogP contribution in [0, 0.1) is 0 Å². The highest BCUT2D eigenvalue weighted by Gasteiger charge is 2.00. The maximum Gasteiger partial charge on any atom is 0.0708 e. The molecule has 1 aromatic heterocycles. The zero-order chi connectivity index (χ0) is 11.4. The maximum atomic E-state index is 4.40. The molecule has 80 valence electrons. The largest absolute Gasteiger partial charge is 0.256 e. The third-order valence-corrected chi connectivity index (χ3v) is 2.72. The van der Waals surface area contributed by atoms with Gasteiger partial charge in [0, 0.05) is 11.8 Å². The van der Waals surface area contributed by atoms with E-state index in [0.717, 1.165) is 11.3 Å². The van der Waals surface area contributed by atoms with Gasteiger partial charge in [-0.05, 0) is 37.1 Å². The molecule has 2 rings (SSSR count). The van der Waals surface area contributed by atoms with Crippen molar-refractivity contribution in [3.8, 4) is 11.3 Å². The van der Waals surface area contributed by atoms with Crippen molar-refractivity contribution in [3.63, 3.8) is 0 Å². The number of pyridine rings is 1. The fourth-order valence-electron chi connectivity index (χ4n) is 1.61. The second kappa shape index (κ2) is 4.75. The zero-order valence-corrected chi connectivity index (χ0v) is 9.64. The molecule has 1 heteroatoms. The Kier molecular flexibility index (Phi) is 3.16. The summed E-state index contributed by atoms with van der Waals surface area (Å²) in [4.78, 5) is 4.40. The highest BCUT2D eigenvalue weighted by Crippen LogP contribution is 2.20. The van der Waals surface area contributed by atoms with Gasteiger partial charge in [0.2, 0.25) is 0 Å². The van der Waals surface area contributed by atoms with Crippen LogP contribution < -0.4 is 0 Å². The first-order valence-electron chi connectivity index (χ1n) is 5.46. The van der Waals surface area contributed by atoms with Gasteiger partial charge in [-0.25, -0.2) is 0 Å². The van der Waals surface area contributed by atoms with E-state index in [1.54, 1.807) is 0 Å². The third-order valence-electron chi connectivity index (χ3n) is 2.72. The van der Waals surface area contributed by atoms with E-state index in [-0.39, 0.29) is 0 Å². The molecule has 1 heterocycles. The molecule has 0 unspecified atom stereocenters. The molecule has 2 aromatic rings. The summed E-state index contributed by atoms with van der Waals surface area (Å²) >= 11 is 0. The summed E-state index contributed by atoms with van der Waals surface area (Å²) < 4.78 is 0. The predicted octanol–water partition coefficient (Wildman–Crippen LogP) is 4.17. The van der Waals surface area contributed by atoms with E-state index in [9.17, 15) is 0 Å². The summed E-state index contributed by atoms with van der Waals surface area (Å²) in [5, 5.41) is 0. The number of hydrogen-bond acceptors (Lipinski definition) is 1. The van der Waals surface area contributed by atoms with Gasteiger partial charge in [-0.15, -0.1) is 0 Å². The molecule has 16 heavy (non-hydrogen) atoms. The van der Waals surface area contributed by atoms with Crippen molar-refractivity contribution < 1.29 is 0 Å². The SMILES string of the molecule is C/C=C(\C)c1ccnc(-c2ccccc2)c1. The molecule has 0 saturated carbocycles. The molecule has 0 radical (unpaired) electrons. The minimum atomic E-state index is 1.03. The van der Waals surface area contributed by atoms with Crippen LogP contribution in [-0.2, 0) is 0 Å². The average Bonchev–Trinajstić information content (AvgIpc) is 2.39. The Hall–Kier alpha value is -1.89. The molecule has 1 aromatic carbocycles. The molecule has 0 bridgehead atoms. The Morgan fingerprint density at radius 2 is 1.88 bits per heavy atom. The molecular weight excluding hydrogens is 194 g/mol. The van der Waals surface area contributed by atoms with Gasteiger partial charge in [-0.3, -0.25) is 4.98 Å². The topological polar surface area (TPSA) is 12.9 Å². The summed E-state index contributed by atoms with van der Waals surface area (Å²) in [6.07, 6.45) is 3.98. The molecule has 0 amide bonds. The second-order valence-electron chi connectivity index (χ2n) is 3.77. The maximum absolute atomic E-state index is 4.40. The van der Waals surface area contributed by atoms with Crippen molar-refractivity contribution in [1.29, 1.82) is 0 Å². The minimum Gasteiger partial charge on any atom is -0.256 e. The van der Waals surface area contributed by atoms with E-state index >= 15 is 0 Å². The van der Waals surface area contributed by atoms with Gasteiger partial charge in [0.15, 0.2) is 0 Å². The van der Waals surface area contributed by atoms with Gasteiger partial charge in [-0.2, -0.15) is 0 Å². The molecule has 0 aliphatic rings. The van der Waals surface area contributed by atoms with Gasteiger partial charge >= 0.3 is 0 Å². The number of aromatic nitrogens is 1. The molecule has 0 N–H and O–H groups in total. The highest BCUT2D eigenvalue weighted by molar-refractivity contribution is 5.69. The van der Waals surface area contributed by atoms with Crippen molar-refractivity contribution in [2.45, 2.75) is 13.8 Å². The Labute approximate surface area is 96.5 Å². The van der Waals surface area contributed by atoms with E-state index in [1.165, 1.54) is 11.1 Å². The molecule has 0 aliphatic heterocycles. The van der Waals surface area contributed by atoms with Crippen molar-refractivity contribution in [2.75, 3.05) is 0 Å². The smallest absolute Gasteiger partial charge is 0.0708 e. The normalized spacial score (nSPS) is 11.5. The lowest BCUT2D eigenvalue weighted by molar-refractivity contribution is 1.31. The van der Waals surface area contributed by atoms with Crippen LogP contribution in [0.3, 0.4) is 0 Å². The minimum absolute atomic E-state index is 1.03. The van der Waals surface area contributed by atoms with Crippen LogP contribution in [0.2, 0.25) is 0 Å². The summed E-state index contributed by atoms with van der Waals surface area (Å²) in [5.41, 5.74) is 4.70. The molecule has 0 spiro atoms. The monoisotopic (exact) mass is 209 g/mol. The quantitative estimate of drug-likeness (QED) is 0.723. The molecular formula is C15H15N. The van der Waals surface area contributed by atoms with Crippen LogP contribution in [0.25, 0.3) is 16.8 Å². The lowest BCUT2D eigenvalue weighted by atomic mass is 10.0. The molecule has 0 fully saturated rings. The lowest BCUT2D eigenvalue weighted by Crippen LogP contribution is -1.86. The second-order valence-corrected chi connectivity index (χ2v) is 3.77. The molecule has 0 saturated heterocycles. The Morgan fingerprint density at radius 3 is 2.56 bits per heavy atom. The van der Waals surface area contributed by atoms with Crippen LogP contribution in [-0.4, -0.2) is 4.98 Å². The van der Waals surface area contributed by atoms with Gasteiger partial charge < -0.3 is 0 Å². The standard InChI is InChI=1S/C15H15N/c1-3-12(2)14-9-10-16-15(11-14)13-7-5-4-6-8-13/h3-11H,1-2H3/b12-3+. The van der Waals surface area contributed by atoms with Crippen molar-refractivity contribution in [1.82, 2.24) is 4.98 Å². The van der Waals surface area contributed by atoms with E-state index in [2.05, 4.69) is 43.1 Å². The average molecular weight is 209 g/mol. The van der Waals surface area contributed by atoms with E-state index < -0.39 is 0 Å². The Balaban J connectivity index is 2.44. The van der Waals surface area contributed by atoms with Crippen molar-refractivity contribution >= 4 is 5.57 Å². The number of nitrogens with zero attached hydrogens (tertiary/aromatic N) is 1. The molecule has 0 aliphatic carbocycles. The third kappa shape index (κ3) is 2.19. The Morgan fingerprint density at radius 1 is 1.12 bits per heavy atom. The van der Waals surface area contributed by atoms with Gasteiger partial charge in [0.25, 0.3) is 0 Å². The Bertz CT molecular complexity index is 498. The van der Waals surface area contributed by atoms with E-state index in [0.29, 0.717) is 0 Å². The van der Waals surface area contributed by atoms with Gasteiger partial charge in [0.05, 0.1) is 5.69 Å². The van der Waals surface area contributed by atoms with Crippen LogP contribution >= 0.6 is 0 Å². The van der Waals surface area contributed by atoms with E-state index in [4.69, 9.17) is 0 Å². The van der Waals surface area contributed by atoms with Gasteiger partial charge in [-0.1, -0.05) is 36.4 Å². The fraction of sp³-hybridized carbons (Fsp3) is 0.133. The van der Waals surface area contributed by atoms with Crippen LogP contribution in [0.5, 0.6) is 0 Å². The number of allylic oxidation sites excluding steroid dienone is 2. The lowest BCUT2D eigenvalue weighted by Gasteiger charge is -2.04. The van der Waals surface area contributed by atoms with Crippen molar-refractivity contribution in [2.24, 2.45) is 0 Å². The summed E-state index contributed by atoms with van der Waals surface area (Å²) in [6, 6.07) is 14.4. The van der Waals surface area contributed by atoms with Crippen LogP contribution in [0.1, 0.15) is 19.4 Å². The summed E-state index contributed by atoms with van der Waals surface area (Å²) in [6.45, 7) is 4.17. The fourth-order valence-corrected chi connectivity index (χ4v) is 1.61. The first kappa shape index (κ1) is 10.6. The first-order chi connectivity index (χ1) is 7.81. The van der Waals surface area contributed by atoms with Gasteiger partial charge in [0.1, 0.15) is 0 Å². The number of benzene rings is 1. The highest BCUT2D eigenvalue weighted by atomic mass is 14.7. The predicted molar refractivity (Wildman–Crippen MR) is 69.0 cm³/mol. The zero-order valence-electron chi connectivity index (χ0n) is 9.64. The first-order valence-corrected chi connectivity index (χ1v) is 5.46. The number of rotatable bonds is 2. The molecule has 1 nitrogen and oxygen atoms in total. The summed E-state index contributed by atoms with van der Waals surface area (Å²) in [5.74, 6) is 0. The van der Waals surface area contributed by atoms with Crippen LogP contribution in [0.15, 0.2) is 54.7 Å². The molecule has 0 atom stereocenters. The number of hydrogen-bond donors (Lipinski definition) is 0. The summed E-state index contributed by atoms with van der Waals surface area (Å²) in [7, 11) is 0. The van der Waals surface area contributed by atoms with Crippen molar-refractivity contribution in [3.05, 3.63) is 60.3 Å². The van der Waals surface area contributed by atoms with E-state index in [1.807, 2.05) is 30.5 Å².